The van der Waals surface area contributed by atoms with Crippen molar-refractivity contribution in [3.8, 4) is 5.69 Å². The van der Waals surface area contributed by atoms with Crippen molar-refractivity contribution in [1.82, 2.24) is 24.4 Å². The smallest absolute Gasteiger partial charge is 0.159 e. The molecule has 0 fully saturated rings. The van der Waals surface area contributed by atoms with Crippen LogP contribution in [0.3, 0.4) is 0 Å². The number of hydrogen-bond donors (Lipinski definition) is 1. The molecule has 6 heteroatoms. The van der Waals surface area contributed by atoms with Gasteiger partial charge in [-0.2, -0.15) is 10.2 Å². The molecule has 3 aromatic heterocycles. The van der Waals surface area contributed by atoms with E-state index in [1.165, 1.54) is 11.1 Å². The van der Waals surface area contributed by atoms with Gasteiger partial charge in [-0.05, 0) is 44.0 Å². The Hall–Kier alpha value is -2.99. The van der Waals surface area contributed by atoms with Crippen LogP contribution in [0.15, 0.2) is 42.7 Å². The summed E-state index contributed by atoms with van der Waals surface area (Å²) in [6.45, 7) is 6.22. The van der Waals surface area contributed by atoms with Gasteiger partial charge < -0.3 is 5.11 Å². The van der Waals surface area contributed by atoms with Gasteiger partial charge in [-0.15, -0.1) is 0 Å². The van der Waals surface area contributed by atoms with Crippen LogP contribution in [0.4, 0.5) is 0 Å². The van der Waals surface area contributed by atoms with Gasteiger partial charge in [-0.1, -0.05) is 19.1 Å². The van der Waals surface area contributed by atoms with Crippen molar-refractivity contribution in [3.63, 3.8) is 0 Å². The van der Waals surface area contributed by atoms with Crippen molar-refractivity contribution in [2.24, 2.45) is 0 Å². The molecule has 0 unspecified atom stereocenters. The molecule has 1 N–H and O–H groups in total. The molecule has 0 saturated heterocycles. The highest BCUT2D eigenvalue weighted by atomic mass is 16.3. The Balaban J connectivity index is 1.68. The molecule has 0 amide bonds. The molecular formula is C21H23N5O. The van der Waals surface area contributed by atoms with Crippen LogP contribution >= 0.6 is 0 Å². The number of rotatable bonds is 5. The third kappa shape index (κ3) is 3.24. The summed E-state index contributed by atoms with van der Waals surface area (Å²) in [5, 5.41) is 18.2. The van der Waals surface area contributed by atoms with Crippen molar-refractivity contribution in [3.05, 3.63) is 76.5 Å². The van der Waals surface area contributed by atoms with Crippen LogP contribution in [-0.4, -0.2) is 29.5 Å². The first-order chi connectivity index (χ1) is 13.1. The topological polar surface area (TPSA) is 68.2 Å². The van der Waals surface area contributed by atoms with Crippen molar-refractivity contribution < 1.29 is 5.11 Å². The molecule has 138 valence electrons. The fraction of sp³-hybridized carbons (Fsp3) is 0.286. The largest absolute Gasteiger partial charge is 0.392 e. The maximum absolute atomic E-state index is 9.19. The van der Waals surface area contributed by atoms with E-state index in [-0.39, 0.29) is 6.61 Å². The normalized spacial score (nSPS) is 11.4. The molecule has 27 heavy (non-hydrogen) atoms. The average Bonchev–Trinajstić information content (AvgIpc) is 3.28. The van der Waals surface area contributed by atoms with Crippen LogP contribution in [0.25, 0.3) is 11.3 Å². The summed E-state index contributed by atoms with van der Waals surface area (Å²) in [5.41, 5.74) is 8.34. The molecule has 1 aromatic carbocycles. The maximum Gasteiger partial charge on any atom is 0.159 e. The van der Waals surface area contributed by atoms with Crippen molar-refractivity contribution in [2.75, 3.05) is 0 Å². The van der Waals surface area contributed by atoms with E-state index in [0.29, 0.717) is 0 Å². The number of nitrogens with zero attached hydrogens (tertiary/aromatic N) is 5. The summed E-state index contributed by atoms with van der Waals surface area (Å²) >= 11 is 0. The summed E-state index contributed by atoms with van der Waals surface area (Å²) in [6.07, 6.45) is 5.19. The standard InChI is InChI=1S/C21H23N5O/c1-4-20-19(21-23-14(2)9-15(3)26(21)24-20)10-16-5-7-18(8-6-16)25-12-17(13-27)11-22-25/h5-9,11-12,27H,4,10,13H2,1-3H3. The molecule has 0 radical (unpaired) electrons. The zero-order valence-corrected chi connectivity index (χ0v) is 15.8. The van der Waals surface area contributed by atoms with E-state index >= 15 is 0 Å². The zero-order chi connectivity index (χ0) is 19.0. The predicted octanol–water partition coefficient (Wildman–Crippen LogP) is 3.18. The van der Waals surface area contributed by atoms with Gasteiger partial charge in [0.1, 0.15) is 0 Å². The number of aliphatic hydroxyl groups is 1. The first kappa shape index (κ1) is 17.4. The van der Waals surface area contributed by atoms with Crippen LogP contribution in [0.1, 0.15) is 40.7 Å². The first-order valence-electron chi connectivity index (χ1n) is 9.17. The molecule has 0 aliphatic rings. The van der Waals surface area contributed by atoms with E-state index < -0.39 is 0 Å². The molecule has 0 atom stereocenters. The molecule has 4 aromatic rings. The van der Waals surface area contributed by atoms with Crippen LogP contribution in [0, 0.1) is 13.8 Å². The van der Waals surface area contributed by atoms with Crippen molar-refractivity contribution in [2.45, 2.75) is 40.2 Å². The number of aromatic nitrogens is 5. The van der Waals surface area contributed by atoms with Gasteiger partial charge in [0.05, 0.1) is 24.2 Å². The minimum Gasteiger partial charge on any atom is -0.392 e. The Kier molecular flexibility index (Phi) is 4.49. The van der Waals surface area contributed by atoms with Crippen LogP contribution in [-0.2, 0) is 19.4 Å². The lowest BCUT2D eigenvalue weighted by Crippen LogP contribution is -1.99. The van der Waals surface area contributed by atoms with Crippen molar-refractivity contribution >= 4 is 5.65 Å². The summed E-state index contributed by atoms with van der Waals surface area (Å²) < 4.78 is 3.73. The molecular weight excluding hydrogens is 338 g/mol. The second kappa shape index (κ2) is 6.96. The molecule has 6 nitrogen and oxygen atoms in total. The molecule has 4 rings (SSSR count). The second-order valence-electron chi connectivity index (χ2n) is 6.85. The van der Waals surface area contributed by atoms with E-state index in [9.17, 15) is 5.11 Å². The number of benzene rings is 1. The fourth-order valence-corrected chi connectivity index (χ4v) is 3.43. The summed E-state index contributed by atoms with van der Waals surface area (Å²) in [5.74, 6) is 0. The Morgan fingerprint density at radius 3 is 2.52 bits per heavy atom. The quantitative estimate of drug-likeness (QED) is 0.593. The monoisotopic (exact) mass is 361 g/mol. The Morgan fingerprint density at radius 2 is 1.85 bits per heavy atom. The van der Waals surface area contributed by atoms with Gasteiger partial charge >= 0.3 is 0 Å². The van der Waals surface area contributed by atoms with E-state index in [4.69, 9.17) is 10.1 Å². The highest BCUT2D eigenvalue weighted by Gasteiger charge is 2.15. The Bertz CT molecular complexity index is 1090. The van der Waals surface area contributed by atoms with Gasteiger partial charge in [0.2, 0.25) is 0 Å². The Labute approximate surface area is 158 Å². The third-order valence-corrected chi connectivity index (χ3v) is 4.81. The number of aliphatic hydroxyl groups excluding tert-OH is 1. The van der Waals surface area contributed by atoms with E-state index in [0.717, 1.165) is 46.8 Å². The minimum absolute atomic E-state index is 0.00155. The highest BCUT2D eigenvalue weighted by Crippen LogP contribution is 2.22. The van der Waals surface area contributed by atoms with E-state index in [1.807, 2.05) is 29.8 Å². The lowest BCUT2D eigenvalue weighted by molar-refractivity contribution is 0.282. The minimum atomic E-state index is -0.00155. The zero-order valence-electron chi connectivity index (χ0n) is 15.8. The second-order valence-corrected chi connectivity index (χ2v) is 6.85. The third-order valence-electron chi connectivity index (χ3n) is 4.81. The summed E-state index contributed by atoms with van der Waals surface area (Å²) in [6, 6.07) is 10.4. The SMILES string of the molecule is CCc1nn2c(C)cc(C)nc2c1Cc1ccc(-n2cc(CO)cn2)cc1. The van der Waals surface area contributed by atoms with Crippen LogP contribution < -0.4 is 0 Å². The molecule has 0 bridgehead atoms. The summed E-state index contributed by atoms with van der Waals surface area (Å²) in [7, 11) is 0. The molecule has 0 aliphatic carbocycles. The maximum atomic E-state index is 9.19. The molecule has 0 saturated carbocycles. The van der Waals surface area contributed by atoms with Gasteiger partial charge in [0, 0.05) is 35.1 Å². The number of fused-ring (bicyclic) bond motifs is 1. The lowest BCUT2D eigenvalue weighted by atomic mass is 10.0. The number of aryl methyl sites for hydroxylation is 3. The Morgan fingerprint density at radius 1 is 1.07 bits per heavy atom. The van der Waals surface area contributed by atoms with Crippen LogP contribution in [0.2, 0.25) is 0 Å². The highest BCUT2D eigenvalue weighted by molar-refractivity contribution is 5.54. The van der Waals surface area contributed by atoms with Gasteiger partial charge in [0.15, 0.2) is 5.65 Å². The van der Waals surface area contributed by atoms with E-state index in [2.05, 4.69) is 37.1 Å². The fourth-order valence-electron chi connectivity index (χ4n) is 3.43. The van der Waals surface area contributed by atoms with Crippen LogP contribution in [0.5, 0.6) is 0 Å². The molecule has 0 spiro atoms. The first-order valence-corrected chi connectivity index (χ1v) is 9.17. The van der Waals surface area contributed by atoms with Crippen molar-refractivity contribution in [1.29, 1.82) is 0 Å². The molecule has 3 heterocycles. The molecule has 0 aliphatic heterocycles. The lowest BCUT2D eigenvalue weighted by Gasteiger charge is -2.06. The van der Waals surface area contributed by atoms with Gasteiger partial charge in [0.25, 0.3) is 0 Å². The number of hydrogen-bond acceptors (Lipinski definition) is 4. The van der Waals surface area contributed by atoms with Gasteiger partial charge in [-0.3, -0.25) is 0 Å². The van der Waals surface area contributed by atoms with E-state index in [1.54, 1.807) is 10.9 Å². The predicted molar refractivity (Wildman–Crippen MR) is 104 cm³/mol. The van der Waals surface area contributed by atoms with Gasteiger partial charge in [-0.25, -0.2) is 14.2 Å². The average molecular weight is 361 g/mol. The summed E-state index contributed by atoms with van der Waals surface area (Å²) in [4.78, 5) is 4.74.